The van der Waals surface area contributed by atoms with Gasteiger partial charge in [0.1, 0.15) is 5.82 Å². The summed E-state index contributed by atoms with van der Waals surface area (Å²) in [6.07, 6.45) is 7.71. The topological polar surface area (TPSA) is 42.1 Å². The Kier molecular flexibility index (Phi) is 5.13. The first-order chi connectivity index (χ1) is 12.8. The Bertz CT molecular complexity index is 797. The molecule has 26 heavy (non-hydrogen) atoms. The van der Waals surface area contributed by atoms with Gasteiger partial charge in [0.15, 0.2) is 0 Å². The van der Waals surface area contributed by atoms with Gasteiger partial charge in [-0.2, -0.15) is 5.10 Å². The molecule has 0 radical (unpaired) electrons. The van der Waals surface area contributed by atoms with Gasteiger partial charge >= 0.3 is 0 Å². The highest BCUT2D eigenvalue weighted by Crippen LogP contribution is 2.12. The third-order valence-electron chi connectivity index (χ3n) is 5.08. The third-order valence-corrected chi connectivity index (χ3v) is 5.08. The number of nitrogens with zero attached hydrogens (tertiary/aromatic N) is 6. The fourth-order valence-corrected chi connectivity index (χ4v) is 3.44. The molecule has 1 aromatic carbocycles. The number of piperazine rings is 1. The van der Waals surface area contributed by atoms with E-state index in [4.69, 9.17) is 0 Å². The molecule has 0 saturated carbocycles. The molecule has 6 heteroatoms. The van der Waals surface area contributed by atoms with Crippen molar-refractivity contribution in [2.75, 3.05) is 26.2 Å². The molecule has 1 saturated heterocycles. The van der Waals surface area contributed by atoms with E-state index in [1.807, 2.05) is 35.5 Å². The highest BCUT2D eigenvalue weighted by Gasteiger charge is 2.18. The van der Waals surface area contributed by atoms with Crippen LogP contribution in [0, 0.1) is 0 Å². The number of benzene rings is 1. The van der Waals surface area contributed by atoms with Crippen LogP contribution in [-0.4, -0.2) is 55.3 Å². The van der Waals surface area contributed by atoms with E-state index in [9.17, 15) is 0 Å². The fraction of sp³-hybridized carbons (Fsp3) is 0.400. The minimum Gasteiger partial charge on any atom is -0.337 e. The van der Waals surface area contributed by atoms with Crippen LogP contribution in [0.25, 0.3) is 0 Å². The monoisotopic (exact) mass is 350 g/mol. The first-order valence-corrected chi connectivity index (χ1v) is 9.22. The molecule has 1 aliphatic rings. The lowest BCUT2D eigenvalue weighted by Crippen LogP contribution is -2.45. The molecule has 3 heterocycles. The van der Waals surface area contributed by atoms with Crippen molar-refractivity contribution in [1.29, 1.82) is 0 Å². The quantitative estimate of drug-likeness (QED) is 0.682. The zero-order valence-corrected chi connectivity index (χ0v) is 15.3. The summed E-state index contributed by atoms with van der Waals surface area (Å²) in [6.45, 7) is 7.23. The van der Waals surface area contributed by atoms with Gasteiger partial charge in [-0.15, -0.1) is 0 Å². The molecule has 0 aliphatic carbocycles. The third kappa shape index (κ3) is 4.20. The molecule has 0 bridgehead atoms. The average Bonchev–Trinajstić information content (AvgIpc) is 3.31. The molecule has 0 N–H and O–H groups in total. The van der Waals surface area contributed by atoms with E-state index in [0.29, 0.717) is 0 Å². The number of hydrogen-bond donors (Lipinski definition) is 0. The van der Waals surface area contributed by atoms with E-state index in [-0.39, 0.29) is 0 Å². The van der Waals surface area contributed by atoms with Crippen LogP contribution in [0.15, 0.2) is 55.1 Å². The molecule has 0 atom stereocenters. The second kappa shape index (κ2) is 7.85. The van der Waals surface area contributed by atoms with Crippen LogP contribution in [0.4, 0.5) is 0 Å². The number of aryl methyl sites for hydroxylation is 1. The highest BCUT2D eigenvalue weighted by atomic mass is 15.3. The summed E-state index contributed by atoms with van der Waals surface area (Å²) < 4.78 is 4.06. The van der Waals surface area contributed by atoms with Crippen LogP contribution in [0.2, 0.25) is 0 Å². The molecule has 1 fully saturated rings. The van der Waals surface area contributed by atoms with Crippen LogP contribution in [0.5, 0.6) is 0 Å². The summed E-state index contributed by atoms with van der Waals surface area (Å²) in [4.78, 5) is 9.46. The maximum atomic E-state index is 4.43. The predicted molar refractivity (Wildman–Crippen MR) is 102 cm³/mol. The Morgan fingerprint density at radius 2 is 1.46 bits per heavy atom. The van der Waals surface area contributed by atoms with Gasteiger partial charge in [0, 0.05) is 64.6 Å². The van der Waals surface area contributed by atoms with Crippen molar-refractivity contribution in [2.45, 2.75) is 19.6 Å². The van der Waals surface area contributed by atoms with Gasteiger partial charge in [-0.25, -0.2) is 4.98 Å². The Hall–Kier alpha value is -2.44. The van der Waals surface area contributed by atoms with Gasteiger partial charge in [0.25, 0.3) is 0 Å². The molecule has 0 amide bonds. The zero-order valence-electron chi connectivity index (χ0n) is 15.3. The minimum atomic E-state index is 0.832. The van der Waals surface area contributed by atoms with E-state index in [2.05, 4.69) is 55.8 Å². The molecular formula is C20H26N6. The number of hydrogen-bond acceptors (Lipinski definition) is 4. The fourth-order valence-electron chi connectivity index (χ4n) is 3.44. The Morgan fingerprint density at radius 3 is 2.04 bits per heavy atom. The first-order valence-electron chi connectivity index (χ1n) is 9.22. The molecular weight excluding hydrogens is 324 g/mol. The summed E-state index contributed by atoms with van der Waals surface area (Å²) in [5.41, 5.74) is 2.67. The smallest absolute Gasteiger partial charge is 0.122 e. The van der Waals surface area contributed by atoms with Gasteiger partial charge in [0.05, 0.1) is 13.1 Å². The van der Waals surface area contributed by atoms with Crippen molar-refractivity contribution in [3.63, 3.8) is 0 Å². The second-order valence-electron chi connectivity index (χ2n) is 7.03. The molecule has 4 rings (SSSR count). The lowest BCUT2D eigenvalue weighted by Gasteiger charge is -2.34. The summed E-state index contributed by atoms with van der Waals surface area (Å²) >= 11 is 0. The molecule has 136 valence electrons. The minimum absolute atomic E-state index is 0.832. The highest BCUT2D eigenvalue weighted by molar-refractivity contribution is 5.22. The van der Waals surface area contributed by atoms with E-state index in [1.165, 1.54) is 11.1 Å². The van der Waals surface area contributed by atoms with Crippen molar-refractivity contribution in [2.24, 2.45) is 7.05 Å². The maximum absolute atomic E-state index is 4.43. The SMILES string of the molecule is Cn1ccnc1CN1CCN(Cc2ccc(Cn3cccn3)cc2)CC1. The van der Waals surface area contributed by atoms with Crippen LogP contribution < -0.4 is 0 Å². The van der Waals surface area contributed by atoms with Gasteiger partial charge in [0.2, 0.25) is 0 Å². The number of rotatable bonds is 6. The van der Waals surface area contributed by atoms with Gasteiger partial charge in [-0.05, 0) is 17.2 Å². The molecule has 6 nitrogen and oxygen atoms in total. The van der Waals surface area contributed by atoms with Crippen molar-refractivity contribution in [3.05, 3.63) is 72.1 Å². The molecule has 3 aromatic rings. The zero-order chi connectivity index (χ0) is 17.8. The Labute approximate surface area is 154 Å². The molecule has 0 unspecified atom stereocenters. The number of imidazole rings is 1. The molecule has 2 aromatic heterocycles. The standard InChI is InChI=1S/C20H26N6/c1-23-10-8-21-20(23)17-25-13-11-24(12-14-25)15-18-3-5-19(6-4-18)16-26-9-2-7-22-26/h2-10H,11-17H2,1H3. The predicted octanol–water partition coefficient (Wildman–Crippen LogP) is 1.98. The Morgan fingerprint density at radius 1 is 0.808 bits per heavy atom. The van der Waals surface area contributed by atoms with Crippen molar-refractivity contribution >= 4 is 0 Å². The second-order valence-corrected chi connectivity index (χ2v) is 7.03. The van der Waals surface area contributed by atoms with Crippen LogP contribution >= 0.6 is 0 Å². The summed E-state index contributed by atoms with van der Waals surface area (Å²) in [5.74, 6) is 1.14. The maximum Gasteiger partial charge on any atom is 0.122 e. The van der Waals surface area contributed by atoms with Crippen molar-refractivity contribution in [3.8, 4) is 0 Å². The summed E-state index contributed by atoms with van der Waals surface area (Å²) in [6, 6.07) is 10.9. The van der Waals surface area contributed by atoms with E-state index >= 15 is 0 Å². The van der Waals surface area contributed by atoms with Gasteiger partial charge in [-0.3, -0.25) is 14.5 Å². The normalized spacial score (nSPS) is 16.2. The van der Waals surface area contributed by atoms with Crippen LogP contribution in [0.3, 0.4) is 0 Å². The van der Waals surface area contributed by atoms with E-state index in [1.54, 1.807) is 0 Å². The van der Waals surface area contributed by atoms with Gasteiger partial charge in [-0.1, -0.05) is 24.3 Å². The average molecular weight is 350 g/mol. The van der Waals surface area contributed by atoms with Gasteiger partial charge < -0.3 is 4.57 Å². The Balaban J connectivity index is 1.25. The lowest BCUT2D eigenvalue weighted by atomic mass is 10.1. The first kappa shape index (κ1) is 17.0. The largest absolute Gasteiger partial charge is 0.337 e. The van der Waals surface area contributed by atoms with Crippen molar-refractivity contribution < 1.29 is 0 Å². The molecule has 0 spiro atoms. The molecule has 1 aliphatic heterocycles. The lowest BCUT2D eigenvalue weighted by molar-refractivity contribution is 0.119. The van der Waals surface area contributed by atoms with E-state index in [0.717, 1.165) is 51.6 Å². The summed E-state index contributed by atoms with van der Waals surface area (Å²) in [7, 11) is 2.06. The summed E-state index contributed by atoms with van der Waals surface area (Å²) in [5, 5.41) is 4.26. The van der Waals surface area contributed by atoms with E-state index < -0.39 is 0 Å². The van der Waals surface area contributed by atoms with Crippen LogP contribution in [-0.2, 0) is 26.7 Å². The van der Waals surface area contributed by atoms with Crippen molar-refractivity contribution in [1.82, 2.24) is 29.1 Å². The number of aromatic nitrogens is 4. The van der Waals surface area contributed by atoms with Crippen LogP contribution in [0.1, 0.15) is 17.0 Å².